The summed E-state index contributed by atoms with van der Waals surface area (Å²) in [4.78, 5) is 33.7. The van der Waals surface area contributed by atoms with Crippen molar-refractivity contribution in [2.45, 2.75) is 38.8 Å². The van der Waals surface area contributed by atoms with Crippen LogP contribution in [0.25, 0.3) is 0 Å². The first-order valence-corrected chi connectivity index (χ1v) is 7.34. The van der Waals surface area contributed by atoms with Gasteiger partial charge in [-0.3, -0.25) is 14.7 Å². The predicted molar refractivity (Wildman–Crippen MR) is 80.6 cm³/mol. The molecule has 1 aromatic heterocycles. The van der Waals surface area contributed by atoms with E-state index in [1.165, 1.54) is 18.6 Å². The van der Waals surface area contributed by atoms with Crippen LogP contribution in [-0.4, -0.2) is 58.0 Å². The fraction of sp³-hybridized carbons (Fsp3) is 0.600. The summed E-state index contributed by atoms with van der Waals surface area (Å²) in [5, 5.41) is 2.84. The number of hydrogen-bond donors (Lipinski definition) is 1. The Morgan fingerprint density at radius 2 is 2.18 bits per heavy atom. The van der Waals surface area contributed by atoms with E-state index in [4.69, 9.17) is 4.74 Å². The summed E-state index contributed by atoms with van der Waals surface area (Å²) in [7, 11) is 0. The van der Waals surface area contributed by atoms with Gasteiger partial charge in [0.05, 0.1) is 12.7 Å². The summed E-state index contributed by atoms with van der Waals surface area (Å²) in [6.07, 6.45) is 4.89. The van der Waals surface area contributed by atoms with E-state index in [1.807, 2.05) is 25.7 Å². The maximum atomic E-state index is 12.1. The highest BCUT2D eigenvalue weighted by Crippen LogP contribution is 2.12. The molecule has 0 saturated carbocycles. The molecule has 1 N–H and O–H groups in total. The van der Waals surface area contributed by atoms with E-state index in [2.05, 4.69) is 15.3 Å². The third-order valence-corrected chi connectivity index (χ3v) is 3.21. The van der Waals surface area contributed by atoms with Crippen LogP contribution in [0.5, 0.6) is 0 Å². The van der Waals surface area contributed by atoms with Crippen LogP contribution in [0.4, 0.5) is 4.79 Å². The van der Waals surface area contributed by atoms with E-state index < -0.39 is 11.7 Å². The highest BCUT2D eigenvalue weighted by molar-refractivity contribution is 5.95. The average Bonchev–Trinajstić information content (AvgIpc) is 2.84. The molecule has 1 aliphatic heterocycles. The SMILES string of the molecule is CC(C)(C)OC(=O)N[C@H]1CCN(CC(=O)c2cnccn2)C1. The molecule has 0 bridgehead atoms. The van der Waals surface area contributed by atoms with Gasteiger partial charge in [0, 0.05) is 31.5 Å². The first-order chi connectivity index (χ1) is 10.3. The number of ketones is 1. The zero-order valence-electron chi connectivity index (χ0n) is 13.2. The van der Waals surface area contributed by atoms with Gasteiger partial charge in [0.15, 0.2) is 5.78 Å². The van der Waals surface area contributed by atoms with E-state index in [-0.39, 0.29) is 18.4 Å². The smallest absolute Gasteiger partial charge is 0.407 e. The standard InChI is InChI=1S/C15H22N4O3/c1-15(2,3)22-14(21)18-11-4-7-19(9-11)10-13(20)12-8-16-5-6-17-12/h5-6,8,11H,4,7,9-10H2,1-3H3,(H,18,21)/t11-/m0/s1. The van der Waals surface area contributed by atoms with Gasteiger partial charge in [0.2, 0.25) is 0 Å². The maximum absolute atomic E-state index is 12.1. The lowest BCUT2D eigenvalue weighted by Gasteiger charge is -2.22. The Morgan fingerprint density at radius 1 is 1.41 bits per heavy atom. The minimum atomic E-state index is -0.510. The second-order valence-corrected chi connectivity index (χ2v) is 6.38. The van der Waals surface area contributed by atoms with Crippen molar-refractivity contribution in [2.24, 2.45) is 0 Å². The topological polar surface area (TPSA) is 84.4 Å². The highest BCUT2D eigenvalue weighted by Gasteiger charge is 2.27. The Hall–Kier alpha value is -2.02. The van der Waals surface area contributed by atoms with Crippen LogP contribution in [0, 0.1) is 0 Å². The molecule has 2 rings (SSSR count). The fourth-order valence-corrected chi connectivity index (χ4v) is 2.30. The molecule has 1 atom stereocenters. The van der Waals surface area contributed by atoms with E-state index >= 15 is 0 Å². The zero-order valence-corrected chi connectivity index (χ0v) is 13.2. The third-order valence-electron chi connectivity index (χ3n) is 3.21. The van der Waals surface area contributed by atoms with E-state index in [0.29, 0.717) is 12.2 Å². The van der Waals surface area contributed by atoms with Crippen LogP contribution in [-0.2, 0) is 4.74 Å². The summed E-state index contributed by atoms with van der Waals surface area (Å²) < 4.78 is 5.23. The summed E-state index contributed by atoms with van der Waals surface area (Å²) in [6, 6.07) is 0.00417. The lowest BCUT2D eigenvalue weighted by molar-refractivity contribution is 0.0506. The summed E-state index contributed by atoms with van der Waals surface area (Å²) in [6.45, 7) is 7.15. The molecule has 2 heterocycles. The third kappa shape index (κ3) is 5.07. The van der Waals surface area contributed by atoms with Crippen LogP contribution in [0.15, 0.2) is 18.6 Å². The predicted octanol–water partition coefficient (Wildman–Crippen LogP) is 1.26. The van der Waals surface area contributed by atoms with Gasteiger partial charge < -0.3 is 10.1 Å². The van der Waals surface area contributed by atoms with Crippen molar-refractivity contribution in [3.8, 4) is 0 Å². The Morgan fingerprint density at radius 3 is 2.82 bits per heavy atom. The normalized spacial score (nSPS) is 19.0. The number of rotatable bonds is 4. The van der Waals surface area contributed by atoms with Gasteiger partial charge in [-0.15, -0.1) is 0 Å². The largest absolute Gasteiger partial charge is 0.444 e. The highest BCUT2D eigenvalue weighted by atomic mass is 16.6. The molecule has 0 aromatic carbocycles. The minimum absolute atomic E-state index is 0.00417. The molecule has 7 nitrogen and oxygen atoms in total. The molecule has 1 amide bonds. The maximum Gasteiger partial charge on any atom is 0.407 e. The summed E-state index contributed by atoms with van der Waals surface area (Å²) in [5.74, 6) is -0.0639. The number of carbonyl (C=O) groups excluding carboxylic acids is 2. The molecule has 1 aliphatic rings. The van der Waals surface area contributed by atoms with E-state index in [9.17, 15) is 9.59 Å². The lowest BCUT2D eigenvalue weighted by atomic mass is 10.2. The molecule has 7 heteroatoms. The number of hydrogen-bond acceptors (Lipinski definition) is 6. The van der Waals surface area contributed by atoms with Gasteiger partial charge in [-0.2, -0.15) is 0 Å². The number of carbonyl (C=O) groups is 2. The van der Waals surface area contributed by atoms with Crippen molar-refractivity contribution >= 4 is 11.9 Å². The van der Waals surface area contributed by atoms with Gasteiger partial charge >= 0.3 is 6.09 Å². The first-order valence-electron chi connectivity index (χ1n) is 7.34. The van der Waals surface area contributed by atoms with Crippen LogP contribution in [0.3, 0.4) is 0 Å². The molecule has 0 aliphatic carbocycles. The molecule has 1 aromatic rings. The van der Waals surface area contributed by atoms with Crippen molar-refractivity contribution < 1.29 is 14.3 Å². The van der Waals surface area contributed by atoms with Crippen molar-refractivity contribution in [1.29, 1.82) is 0 Å². The molecule has 0 unspecified atom stereocenters. The monoisotopic (exact) mass is 306 g/mol. The average molecular weight is 306 g/mol. The number of nitrogens with zero attached hydrogens (tertiary/aromatic N) is 3. The summed E-state index contributed by atoms with van der Waals surface area (Å²) >= 11 is 0. The Bertz CT molecular complexity index is 527. The second kappa shape index (κ2) is 6.83. The van der Waals surface area contributed by atoms with E-state index in [1.54, 1.807) is 0 Å². The van der Waals surface area contributed by atoms with Crippen molar-refractivity contribution in [1.82, 2.24) is 20.2 Å². The number of ether oxygens (including phenoxy) is 1. The Kier molecular flexibility index (Phi) is 5.07. The quantitative estimate of drug-likeness (QED) is 0.843. The van der Waals surface area contributed by atoms with Gasteiger partial charge in [-0.1, -0.05) is 0 Å². The molecule has 0 radical (unpaired) electrons. The van der Waals surface area contributed by atoms with Crippen molar-refractivity contribution in [3.63, 3.8) is 0 Å². The summed E-state index contributed by atoms with van der Waals surface area (Å²) in [5.41, 5.74) is -0.143. The molecule has 120 valence electrons. The molecule has 1 saturated heterocycles. The Balaban J connectivity index is 1.78. The van der Waals surface area contributed by atoms with Crippen molar-refractivity contribution in [2.75, 3.05) is 19.6 Å². The van der Waals surface area contributed by atoms with Crippen LogP contribution in [0.2, 0.25) is 0 Å². The molecular formula is C15H22N4O3. The van der Waals surface area contributed by atoms with Crippen molar-refractivity contribution in [3.05, 3.63) is 24.3 Å². The molecule has 1 fully saturated rings. The lowest BCUT2D eigenvalue weighted by Crippen LogP contribution is -2.41. The second-order valence-electron chi connectivity index (χ2n) is 6.38. The van der Waals surface area contributed by atoms with Gasteiger partial charge in [-0.05, 0) is 27.2 Å². The molecule has 0 spiro atoms. The van der Waals surface area contributed by atoms with Gasteiger partial charge in [-0.25, -0.2) is 9.78 Å². The molecule has 22 heavy (non-hydrogen) atoms. The first kappa shape index (κ1) is 16.4. The fourth-order valence-electron chi connectivity index (χ4n) is 2.30. The van der Waals surface area contributed by atoms with Crippen LogP contribution < -0.4 is 5.32 Å². The zero-order chi connectivity index (χ0) is 16.2. The minimum Gasteiger partial charge on any atom is -0.444 e. The number of alkyl carbamates (subject to hydrolysis) is 1. The number of Topliss-reactive ketones (excluding diaryl/α,β-unsaturated/α-hetero) is 1. The number of likely N-dealkylation sites (tertiary alicyclic amines) is 1. The Labute approximate surface area is 130 Å². The number of nitrogens with one attached hydrogen (secondary N) is 1. The van der Waals surface area contributed by atoms with Crippen LogP contribution in [0.1, 0.15) is 37.7 Å². The number of aromatic nitrogens is 2. The van der Waals surface area contributed by atoms with E-state index in [0.717, 1.165) is 13.0 Å². The van der Waals surface area contributed by atoms with Crippen LogP contribution >= 0.6 is 0 Å². The molecular weight excluding hydrogens is 284 g/mol. The number of amides is 1. The van der Waals surface area contributed by atoms with Gasteiger partial charge in [0.1, 0.15) is 11.3 Å². The van der Waals surface area contributed by atoms with Gasteiger partial charge in [0.25, 0.3) is 0 Å².